The molecule has 0 amide bonds. The molecule has 0 unspecified atom stereocenters. The average molecular weight is 325 g/mol. The second-order valence-electron chi connectivity index (χ2n) is 4.93. The number of methoxy groups -OCH3 is 1. The third kappa shape index (κ3) is 2.82. The lowest BCUT2D eigenvalue weighted by Crippen LogP contribution is -2.12. The number of hydrogen-bond acceptors (Lipinski definition) is 7. The van der Waals surface area contributed by atoms with Crippen molar-refractivity contribution in [2.24, 2.45) is 5.14 Å². The molecular weight excluding hydrogens is 310 g/mol. The van der Waals surface area contributed by atoms with Crippen LogP contribution in [0.5, 0.6) is 5.75 Å². The minimum absolute atomic E-state index is 0.0488. The Bertz CT molecular complexity index is 781. The molecule has 22 heavy (non-hydrogen) atoms. The van der Waals surface area contributed by atoms with Gasteiger partial charge in [-0.15, -0.1) is 0 Å². The Morgan fingerprint density at radius 2 is 2.23 bits per heavy atom. The normalized spacial score (nSPS) is 18.5. The molecule has 2 heterocycles. The smallest absolute Gasteiger partial charge is 0.261 e. The maximum atomic E-state index is 11.5. The predicted molar refractivity (Wildman–Crippen MR) is 75.8 cm³/mol. The number of nitrogens with zero attached hydrogens (tertiary/aromatic N) is 2. The second kappa shape index (κ2) is 5.67. The number of rotatable bonds is 4. The van der Waals surface area contributed by atoms with Crippen molar-refractivity contribution in [1.29, 1.82) is 0 Å². The van der Waals surface area contributed by atoms with Crippen molar-refractivity contribution in [1.82, 2.24) is 10.1 Å². The van der Waals surface area contributed by atoms with Crippen molar-refractivity contribution in [2.45, 2.75) is 17.2 Å². The molecular formula is C13H15N3O5S. The first-order chi connectivity index (χ1) is 10.5. The molecule has 0 aliphatic carbocycles. The van der Waals surface area contributed by atoms with E-state index in [0.29, 0.717) is 30.4 Å². The van der Waals surface area contributed by atoms with Crippen LogP contribution >= 0.6 is 0 Å². The molecule has 1 fully saturated rings. The van der Waals surface area contributed by atoms with Gasteiger partial charge < -0.3 is 14.0 Å². The summed E-state index contributed by atoms with van der Waals surface area (Å²) in [7, 11) is -2.36. The van der Waals surface area contributed by atoms with Gasteiger partial charge in [0.25, 0.3) is 5.89 Å². The number of primary sulfonamides is 1. The molecule has 0 saturated carbocycles. The van der Waals surface area contributed by atoms with E-state index in [-0.39, 0.29) is 16.7 Å². The SMILES string of the molecule is COc1ccc(S(N)(=O)=O)cc1-c1nc([C@H]2CCOC2)no1. The summed E-state index contributed by atoms with van der Waals surface area (Å²) in [5.41, 5.74) is 0.381. The summed E-state index contributed by atoms with van der Waals surface area (Å²) < 4.78 is 38.7. The Labute approximate surface area is 127 Å². The van der Waals surface area contributed by atoms with Gasteiger partial charge in [-0.2, -0.15) is 4.98 Å². The highest BCUT2D eigenvalue weighted by atomic mass is 32.2. The summed E-state index contributed by atoms with van der Waals surface area (Å²) in [5.74, 6) is 1.23. The molecule has 2 aromatic rings. The Morgan fingerprint density at radius 1 is 1.41 bits per heavy atom. The van der Waals surface area contributed by atoms with Crippen molar-refractivity contribution >= 4 is 10.0 Å². The van der Waals surface area contributed by atoms with Crippen LogP contribution in [0.1, 0.15) is 18.2 Å². The molecule has 1 aliphatic heterocycles. The molecule has 1 atom stereocenters. The van der Waals surface area contributed by atoms with Gasteiger partial charge in [0.1, 0.15) is 5.75 Å². The van der Waals surface area contributed by atoms with E-state index in [0.717, 1.165) is 6.42 Å². The van der Waals surface area contributed by atoms with Crippen LogP contribution in [0.25, 0.3) is 11.5 Å². The second-order valence-corrected chi connectivity index (χ2v) is 6.49. The molecule has 1 aromatic heterocycles. The molecule has 8 nitrogen and oxygen atoms in total. The van der Waals surface area contributed by atoms with E-state index >= 15 is 0 Å². The number of ether oxygens (including phenoxy) is 2. The molecule has 9 heteroatoms. The largest absolute Gasteiger partial charge is 0.496 e. The van der Waals surface area contributed by atoms with Gasteiger partial charge in [0.2, 0.25) is 10.0 Å². The maximum absolute atomic E-state index is 11.5. The Hall–Kier alpha value is -1.97. The summed E-state index contributed by atoms with van der Waals surface area (Å²) >= 11 is 0. The van der Waals surface area contributed by atoms with Crippen molar-refractivity contribution in [3.8, 4) is 17.2 Å². The van der Waals surface area contributed by atoms with E-state index in [9.17, 15) is 8.42 Å². The minimum atomic E-state index is -3.83. The summed E-state index contributed by atoms with van der Waals surface area (Å²) in [6.45, 7) is 1.21. The lowest BCUT2D eigenvalue weighted by molar-refractivity contribution is 0.192. The number of nitrogens with two attached hydrogens (primary N) is 1. The number of aromatic nitrogens is 2. The van der Waals surface area contributed by atoms with Crippen LogP contribution in [0.15, 0.2) is 27.6 Å². The summed E-state index contributed by atoms with van der Waals surface area (Å²) in [4.78, 5) is 4.27. The monoisotopic (exact) mass is 325 g/mol. The Kier molecular flexibility index (Phi) is 3.85. The lowest BCUT2D eigenvalue weighted by Gasteiger charge is -2.06. The van der Waals surface area contributed by atoms with Crippen molar-refractivity contribution in [2.75, 3.05) is 20.3 Å². The minimum Gasteiger partial charge on any atom is -0.496 e. The quantitative estimate of drug-likeness (QED) is 0.887. The zero-order valence-corrected chi connectivity index (χ0v) is 12.7. The number of sulfonamides is 1. The summed E-state index contributed by atoms with van der Waals surface area (Å²) in [6.07, 6.45) is 0.827. The van der Waals surface area contributed by atoms with Crippen LogP contribution in [-0.4, -0.2) is 38.9 Å². The van der Waals surface area contributed by atoms with Gasteiger partial charge >= 0.3 is 0 Å². The molecule has 0 radical (unpaired) electrons. The molecule has 0 bridgehead atoms. The fourth-order valence-electron chi connectivity index (χ4n) is 2.28. The first kappa shape index (κ1) is 14.9. The van der Waals surface area contributed by atoms with Crippen LogP contribution in [0.3, 0.4) is 0 Å². The zero-order valence-electron chi connectivity index (χ0n) is 11.9. The Morgan fingerprint density at radius 3 is 2.86 bits per heavy atom. The number of hydrogen-bond donors (Lipinski definition) is 1. The molecule has 2 N–H and O–H groups in total. The van der Waals surface area contributed by atoms with Gasteiger partial charge in [-0.25, -0.2) is 13.6 Å². The van der Waals surface area contributed by atoms with Gasteiger partial charge in [0.15, 0.2) is 5.82 Å². The van der Waals surface area contributed by atoms with Crippen LogP contribution in [0.4, 0.5) is 0 Å². The van der Waals surface area contributed by atoms with Crippen LogP contribution in [0, 0.1) is 0 Å². The van der Waals surface area contributed by atoms with Gasteiger partial charge in [0, 0.05) is 12.5 Å². The highest BCUT2D eigenvalue weighted by molar-refractivity contribution is 7.89. The third-order valence-electron chi connectivity index (χ3n) is 3.47. The van der Waals surface area contributed by atoms with E-state index in [1.807, 2.05) is 0 Å². The van der Waals surface area contributed by atoms with Crippen LogP contribution < -0.4 is 9.88 Å². The molecule has 1 saturated heterocycles. The Balaban J connectivity index is 2.02. The lowest BCUT2D eigenvalue weighted by atomic mass is 10.1. The number of benzene rings is 1. The summed E-state index contributed by atoms with van der Waals surface area (Å²) in [6, 6.07) is 4.22. The highest BCUT2D eigenvalue weighted by Crippen LogP contribution is 2.32. The van der Waals surface area contributed by atoms with E-state index in [1.54, 1.807) is 0 Å². The van der Waals surface area contributed by atoms with Crippen molar-refractivity contribution in [3.63, 3.8) is 0 Å². The predicted octanol–water partition coefficient (Wildman–Crippen LogP) is 0.896. The molecule has 3 rings (SSSR count). The average Bonchev–Trinajstić information content (AvgIpc) is 3.16. The third-order valence-corrected chi connectivity index (χ3v) is 4.38. The van der Waals surface area contributed by atoms with E-state index in [4.69, 9.17) is 19.1 Å². The van der Waals surface area contributed by atoms with Crippen molar-refractivity contribution in [3.05, 3.63) is 24.0 Å². The van der Waals surface area contributed by atoms with E-state index in [1.165, 1.54) is 25.3 Å². The van der Waals surface area contributed by atoms with Gasteiger partial charge in [0.05, 0.1) is 24.2 Å². The van der Waals surface area contributed by atoms with Gasteiger partial charge in [-0.3, -0.25) is 0 Å². The fraction of sp³-hybridized carbons (Fsp3) is 0.385. The fourth-order valence-corrected chi connectivity index (χ4v) is 2.82. The molecule has 0 spiro atoms. The van der Waals surface area contributed by atoms with Gasteiger partial charge in [-0.05, 0) is 24.6 Å². The summed E-state index contributed by atoms with van der Waals surface area (Å²) in [5, 5.41) is 9.09. The van der Waals surface area contributed by atoms with Gasteiger partial charge in [-0.1, -0.05) is 5.16 Å². The van der Waals surface area contributed by atoms with Crippen molar-refractivity contribution < 1.29 is 22.4 Å². The zero-order chi connectivity index (χ0) is 15.7. The topological polar surface area (TPSA) is 118 Å². The maximum Gasteiger partial charge on any atom is 0.261 e. The standard InChI is InChI=1S/C13H15N3O5S/c1-19-11-3-2-9(22(14,17)18)6-10(11)13-15-12(16-21-13)8-4-5-20-7-8/h2-3,6,8H,4-5,7H2,1H3,(H2,14,17,18)/t8-/m0/s1. The first-order valence-electron chi connectivity index (χ1n) is 6.61. The van der Waals surface area contributed by atoms with E-state index in [2.05, 4.69) is 10.1 Å². The molecule has 1 aromatic carbocycles. The van der Waals surface area contributed by atoms with Crippen LogP contribution in [-0.2, 0) is 14.8 Å². The molecule has 1 aliphatic rings. The first-order valence-corrected chi connectivity index (χ1v) is 8.16. The van der Waals surface area contributed by atoms with Crippen LogP contribution in [0.2, 0.25) is 0 Å². The molecule has 118 valence electrons. The van der Waals surface area contributed by atoms with E-state index < -0.39 is 10.0 Å². The highest BCUT2D eigenvalue weighted by Gasteiger charge is 2.25.